The highest BCUT2D eigenvalue weighted by molar-refractivity contribution is 7.92. The molecule has 110 valence electrons. The molecule has 5 heteroatoms. The number of fused-ring (bicyclic) bond motifs is 1. The Hall–Kier alpha value is -1.88. The van der Waals surface area contributed by atoms with Crippen molar-refractivity contribution in [2.24, 2.45) is 0 Å². The molecule has 0 spiro atoms. The van der Waals surface area contributed by atoms with Gasteiger partial charge < -0.3 is 0 Å². The smallest absolute Gasteiger partial charge is 0.233 e. The van der Waals surface area contributed by atoms with Crippen LogP contribution in [0.25, 0.3) is 0 Å². The van der Waals surface area contributed by atoms with Crippen LogP contribution < -0.4 is 4.72 Å². The number of hydrogen-bond acceptors (Lipinski definition) is 3. The molecule has 1 aliphatic rings. The van der Waals surface area contributed by atoms with Crippen molar-refractivity contribution in [3.05, 3.63) is 59.4 Å². The predicted octanol–water partition coefficient (Wildman–Crippen LogP) is 2.55. The molecule has 0 unspecified atom stereocenters. The summed E-state index contributed by atoms with van der Waals surface area (Å²) in [4.78, 5) is 4.14. The van der Waals surface area contributed by atoms with Crippen molar-refractivity contribution in [1.29, 1.82) is 0 Å². The predicted molar refractivity (Wildman–Crippen MR) is 83.8 cm³/mol. The van der Waals surface area contributed by atoms with Crippen LogP contribution in [0.5, 0.6) is 0 Å². The van der Waals surface area contributed by atoms with Crippen LogP contribution in [0.4, 0.5) is 5.69 Å². The van der Waals surface area contributed by atoms with E-state index in [1.807, 2.05) is 36.4 Å². The first-order valence-electron chi connectivity index (χ1n) is 7.15. The van der Waals surface area contributed by atoms with Gasteiger partial charge in [0.2, 0.25) is 10.0 Å². The van der Waals surface area contributed by atoms with E-state index >= 15 is 0 Å². The number of nitrogens with one attached hydrogen (secondary N) is 1. The molecule has 0 amide bonds. The van der Waals surface area contributed by atoms with E-state index in [2.05, 4.69) is 9.71 Å². The summed E-state index contributed by atoms with van der Waals surface area (Å²) in [6, 6.07) is 11.4. The molecule has 1 aliphatic carbocycles. The second kappa shape index (κ2) is 5.85. The van der Waals surface area contributed by atoms with E-state index in [0.717, 1.165) is 25.0 Å². The highest BCUT2D eigenvalue weighted by Gasteiger charge is 2.14. The molecule has 1 aromatic carbocycles. The number of sulfonamides is 1. The van der Waals surface area contributed by atoms with Gasteiger partial charge in [0, 0.05) is 24.0 Å². The van der Waals surface area contributed by atoms with Crippen LogP contribution in [-0.4, -0.2) is 19.2 Å². The van der Waals surface area contributed by atoms with E-state index in [0.29, 0.717) is 12.1 Å². The molecule has 1 N–H and O–H groups in total. The van der Waals surface area contributed by atoms with Gasteiger partial charge in [0.05, 0.1) is 5.75 Å². The maximum absolute atomic E-state index is 12.1. The molecule has 0 atom stereocenters. The molecule has 3 rings (SSSR count). The third-order valence-electron chi connectivity index (χ3n) is 3.72. The van der Waals surface area contributed by atoms with Gasteiger partial charge in [0.15, 0.2) is 0 Å². The Morgan fingerprint density at radius 3 is 2.76 bits per heavy atom. The number of nitrogens with zero attached hydrogens (tertiary/aromatic N) is 1. The Labute approximate surface area is 125 Å². The first kappa shape index (κ1) is 14.1. The average Bonchev–Trinajstić information content (AvgIpc) is 2.93. The van der Waals surface area contributed by atoms with Crippen molar-refractivity contribution < 1.29 is 8.42 Å². The van der Waals surface area contributed by atoms with Gasteiger partial charge in [-0.05, 0) is 54.7 Å². The number of aryl methyl sites for hydroxylation is 3. The van der Waals surface area contributed by atoms with Crippen LogP contribution in [0.2, 0.25) is 0 Å². The maximum atomic E-state index is 12.1. The zero-order valence-corrected chi connectivity index (χ0v) is 12.6. The second-order valence-corrected chi connectivity index (χ2v) is 7.17. The highest BCUT2D eigenvalue weighted by Crippen LogP contribution is 2.25. The fourth-order valence-electron chi connectivity index (χ4n) is 2.65. The van der Waals surface area contributed by atoms with Crippen molar-refractivity contribution in [2.75, 3.05) is 10.5 Å². The summed E-state index contributed by atoms with van der Waals surface area (Å²) in [6.45, 7) is 0. The van der Waals surface area contributed by atoms with Crippen LogP contribution in [0.1, 0.15) is 23.2 Å². The Morgan fingerprint density at radius 1 is 1.10 bits per heavy atom. The lowest BCUT2D eigenvalue weighted by atomic mass is 10.1. The Kier molecular flexibility index (Phi) is 3.92. The summed E-state index contributed by atoms with van der Waals surface area (Å²) in [7, 11) is -3.34. The Bertz CT molecular complexity index is 727. The molecule has 0 saturated heterocycles. The topological polar surface area (TPSA) is 59.1 Å². The van der Waals surface area contributed by atoms with Crippen LogP contribution in [0, 0.1) is 0 Å². The minimum atomic E-state index is -3.34. The number of rotatable bonds is 5. The lowest BCUT2D eigenvalue weighted by Gasteiger charge is -2.09. The van der Waals surface area contributed by atoms with Crippen molar-refractivity contribution >= 4 is 15.7 Å². The molecule has 21 heavy (non-hydrogen) atoms. The van der Waals surface area contributed by atoms with E-state index in [4.69, 9.17) is 0 Å². The lowest BCUT2D eigenvalue weighted by Crippen LogP contribution is -2.18. The summed E-state index contributed by atoms with van der Waals surface area (Å²) in [5, 5.41) is 0. The van der Waals surface area contributed by atoms with Gasteiger partial charge >= 0.3 is 0 Å². The molecule has 0 radical (unpaired) electrons. The van der Waals surface area contributed by atoms with Gasteiger partial charge in [0.1, 0.15) is 0 Å². The van der Waals surface area contributed by atoms with Gasteiger partial charge in [-0.25, -0.2) is 8.42 Å². The number of benzene rings is 1. The van der Waals surface area contributed by atoms with E-state index in [1.165, 1.54) is 11.1 Å². The number of pyridine rings is 1. The summed E-state index contributed by atoms with van der Waals surface area (Å²) < 4.78 is 26.9. The third-order valence-corrected chi connectivity index (χ3v) is 5.01. The van der Waals surface area contributed by atoms with Crippen molar-refractivity contribution in [1.82, 2.24) is 4.98 Å². The Morgan fingerprint density at radius 2 is 1.95 bits per heavy atom. The molecule has 0 saturated carbocycles. The lowest BCUT2D eigenvalue weighted by molar-refractivity contribution is 0.600. The fourth-order valence-corrected chi connectivity index (χ4v) is 3.72. The number of hydrogen-bond donors (Lipinski definition) is 1. The van der Waals surface area contributed by atoms with E-state index in [-0.39, 0.29) is 5.75 Å². The SMILES string of the molecule is O=S(=O)(CCc1ccccn1)Nc1ccc2c(c1)CCC2. The quantitative estimate of drug-likeness (QED) is 0.923. The molecule has 1 aromatic heterocycles. The molecule has 0 fully saturated rings. The minimum absolute atomic E-state index is 0.0428. The van der Waals surface area contributed by atoms with Crippen LogP contribution in [-0.2, 0) is 29.3 Å². The van der Waals surface area contributed by atoms with Crippen LogP contribution >= 0.6 is 0 Å². The zero-order chi connectivity index (χ0) is 14.7. The largest absolute Gasteiger partial charge is 0.284 e. The zero-order valence-electron chi connectivity index (χ0n) is 11.7. The van der Waals surface area contributed by atoms with Gasteiger partial charge in [0.25, 0.3) is 0 Å². The normalized spacial score (nSPS) is 13.9. The number of anilines is 1. The molecule has 0 bridgehead atoms. The summed E-state index contributed by atoms with van der Waals surface area (Å²) in [5.74, 6) is 0.0428. The van der Waals surface area contributed by atoms with Gasteiger partial charge in [-0.3, -0.25) is 9.71 Å². The molecule has 0 aliphatic heterocycles. The Balaban J connectivity index is 1.66. The molecule has 1 heterocycles. The highest BCUT2D eigenvalue weighted by atomic mass is 32.2. The number of aromatic nitrogens is 1. The summed E-state index contributed by atoms with van der Waals surface area (Å²) in [6.07, 6.45) is 5.39. The monoisotopic (exact) mass is 302 g/mol. The first-order valence-corrected chi connectivity index (χ1v) is 8.80. The van der Waals surface area contributed by atoms with Crippen molar-refractivity contribution in [3.63, 3.8) is 0 Å². The van der Waals surface area contributed by atoms with Crippen molar-refractivity contribution in [3.8, 4) is 0 Å². The molecule has 4 nitrogen and oxygen atoms in total. The standard InChI is InChI=1S/C16H18N2O2S/c19-21(20,11-9-15-6-1-2-10-17-15)18-16-8-7-13-4-3-5-14(13)12-16/h1-2,6-8,10,12,18H,3-5,9,11H2. The van der Waals surface area contributed by atoms with E-state index in [1.54, 1.807) is 6.20 Å². The maximum Gasteiger partial charge on any atom is 0.233 e. The van der Waals surface area contributed by atoms with Gasteiger partial charge in [-0.2, -0.15) is 0 Å². The summed E-state index contributed by atoms with van der Waals surface area (Å²) >= 11 is 0. The second-order valence-electron chi connectivity index (χ2n) is 5.33. The molecule has 2 aromatic rings. The fraction of sp³-hybridized carbons (Fsp3) is 0.312. The average molecular weight is 302 g/mol. The van der Waals surface area contributed by atoms with Crippen LogP contribution in [0.15, 0.2) is 42.6 Å². The molecular formula is C16H18N2O2S. The van der Waals surface area contributed by atoms with Crippen molar-refractivity contribution in [2.45, 2.75) is 25.7 Å². The third kappa shape index (κ3) is 3.61. The van der Waals surface area contributed by atoms with E-state index < -0.39 is 10.0 Å². The van der Waals surface area contributed by atoms with Crippen LogP contribution in [0.3, 0.4) is 0 Å². The van der Waals surface area contributed by atoms with E-state index in [9.17, 15) is 8.42 Å². The minimum Gasteiger partial charge on any atom is -0.284 e. The molecular weight excluding hydrogens is 284 g/mol. The first-order chi connectivity index (χ1) is 10.1. The van der Waals surface area contributed by atoms with Gasteiger partial charge in [-0.15, -0.1) is 0 Å². The van der Waals surface area contributed by atoms with Gasteiger partial charge in [-0.1, -0.05) is 12.1 Å². The summed E-state index contributed by atoms with van der Waals surface area (Å²) in [5.41, 5.74) is 4.06.